The van der Waals surface area contributed by atoms with Crippen LogP contribution in [-0.2, 0) is 0 Å². The highest BCUT2D eigenvalue weighted by Gasteiger charge is 2.25. The summed E-state index contributed by atoms with van der Waals surface area (Å²) in [6.07, 6.45) is 0. The van der Waals surface area contributed by atoms with E-state index in [2.05, 4.69) is 191 Å². The molecule has 1 aliphatic heterocycles. The molecule has 0 unspecified atom stereocenters. The molecular formula is C52H32N2OS. The van der Waals surface area contributed by atoms with E-state index in [1.807, 2.05) is 23.9 Å². The lowest BCUT2D eigenvalue weighted by molar-refractivity contribution is 0.669. The summed E-state index contributed by atoms with van der Waals surface area (Å²) in [5, 5.41) is 7.34. The van der Waals surface area contributed by atoms with E-state index in [4.69, 9.17) is 4.42 Å². The molecule has 0 N–H and O–H groups in total. The molecule has 0 saturated heterocycles. The van der Waals surface area contributed by atoms with Crippen LogP contribution in [0.3, 0.4) is 0 Å². The summed E-state index contributed by atoms with van der Waals surface area (Å²) in [5.41, 5.74) is 13.6. The second-order valence-corrected chi connectivity index (χ2v) is 15.5. The highest BCUT2D eigenvalue weighted by molar-refractivity contribution is 8.00. The molecule has 0 atom stereocenters. The van der Waals surface area contributed by atoms with Crippen LogP contribution in [0.4, 0.5) is 17.1 Å². The Labute approximate surface area is 327 Å². The molecule has 2 aromatic heterocycles. The first-order valence-electron chi connectivity index (χ1n) is 19.0. The van der Waals surface area contributed by atoms with Crippen molar-refractivity contribution in [1.82, 2.24) is 4.57 Å². The number of benzene rings is 9. The van der Waals surface area contributed by atoms with Gasteiger partial charge in [0.2, 0.25) is 0 Å². The second-order valence-electron chi connectivity index (χ2n) is 14.5. The standard InChI is InChI=1S/C52H32N2OS/c1-2-12-39-33(10-1)11-7-15-40(39)34-22-26-36(27-23-34)53(38-30-31-44-43-14-4-6-20-48(43)55-49(44)32-38)37-28-24-35(25-29-37)41-16-8-19-47-52(41)56-50-21-9-17-45-42-13-3-5-18-46(42)54(47)51(45)50/h1-32H. The van der Waals surface area contributed by atoms with Gasteiger partial charge in [-0.2, -0.15) is 0 Å². The number of anilines is 3. The van der Waals surface area contributed by atoms with Gasteiger partial charge in [0.1, 0.15) is 11.2 Å². The monoisotopic (exact) mass is 732 g/mol. The first kappa shape index (κ1) is 31.4. The summed E-state index contributed by atoms with van der Waals surface area (Å²) < 4.78 is 8.86. The van der Waals surface area contributed by atoms with Crippen LogP contribution in [-0.4, -0.2) is 4.57 Å². The van der Waals surface area contributed by atoms with Crippen molar-refractivity contribution >= 4 is 83.3 Å². The number of rotatable bonds is 5. The van der Waals surface area contributed by atoms with Gasteiger partial charge in [-0.05, 0) is 93.7 Å². The minimum atomic E-state index is 0.873. The van der Waals surface area contributed by atoms with E-state index >= 15 is 0 Å². The van der Waals surface area contributed by atoms with Crippen LogP contribution < -0.4 is 4.90 Å². The highest BCUT2D eigenvalue weighted by atomic mass is 32.2. The van der Waals surface area contributed by atoms with Crippen molar-refractivity contribution in [2.75, 3.05) is 4.90 Å². The first-order valence-corrected chi connectivity index (χ1v) is 19.8. The topological polar surface area (TPSA) is 21.3 Å². The maximum atomic E-state index is 6.40. The molecule has 4 heteroatoms. The summed E-state index contributed by atoms with van der Waals surface area (Å²) in [5.74, 6) is 0. The van der Waals surface area contributed by atoms with Gasteiger partial charge in [0.15, 0.2) is 0 Å². The summed E-state index contributed by atoms with van der Waals surface area (Å²) in [7, 11) is 0. The SMILES string of the molecule is c1cc(-c2ccc(N(c3ccc(-c4cccc5ccccc45)cc3)c3ccc4c(c3)oc3ccccc34)cc2)c2c(c1)-n1c3ccccc3c3cccc(c31)S2. The van der Waals surface area contributed by atoms with Crippen molar-refractivity contribution in [1.29, 1.82) is 0 Å². The Kier molecular flexibility index (Phi) is 6.86. The average Bonchev–Trinajstić information content (AvgIpc) is 3.81. The number of para-hydroxylation sites is 3. The third-order valence-electron chi connectivity index (χ3n) is 11.4. The lowest BCUT2D eigenvalue weighted by Crippen LogP contribution is -2.09. The molecule has 1 aliphatic rings. The molecule has 56 heavy (non-hydrogen) atoms. The van der Waals surface area contributed by atoms with Crippen molar-refractivity contribution in [2.45, 2.75) is 9.79 Å². The van der Waals surface area contributed by atoms with Gasteiger partial charge in [-0.3, -0.25) is 0 Å². The Hall–Kier alpha value is -7.01. The molecule has 0 fully saturated rings. The fourth-order valence-electron chi connectivity index (χ4n) is 8.82. The zero-order valence-electron chi connectivity index (χ0n) is 30.2. The van der Waals surface area contributed by atoms with Gasteiger partial charge in [0.25, 0.3) is 0 Å². The van der Waals surface area contributed by atoms with Crippen LogP contribution in [0.25, 0.3) is 82.5 Å². The van der Waals surface area contributed by atoms with Gasteiger partial charge in [-0.25, -0.2) is 0 Å². The smallest absolute Gasteiger partial charge is 0.137 e. The maximum Gasteiger partial charge on any atom is 0.137 e. The number of fused-ring (bicyclic) bond motifs is 9. The highest BCUT2D eigenvalue weighted by Crippen LogP contribution is 2.50. The molecule has 9 aromatic carbocycles. The molecule has 0 radical (unpaired) electrons. The Morgan fingerprint density at radius 3 is 1.88 bits per heavy atom. The molecular weight excluding hydrogens is 701 g/mol. The quantitative estimate of drug-likeness (QED) is 0.176. The predicted octanol–water partition coefficient (Wildman–Crippen LogP) is 15.1. The Balaban J connectivity index is 0.978. The Morgan fingerprint density at radius 2 is 1.04 bits per heavy atom. The summed E-state index contributed by atoms with van der Waals surface area (Å²) in [6.45, 7) is 0. The van der Waals surface area contributed by atoms with Crippen molar-refractivity contribution in [2.24, 2.45) is 0 Å². The molecule has 0 aliphatic carbocycles. The van der Waals surface area contributed by atoms with Crippen molar-refractivity contribution in [3.8, 4) is 27.9 Å². The van der Waals surface area contributed by atoms with Gasteiger partial charge in [0, 0.05) is 54.5 Å². The van der Waals surface area contributed by atoms with Gasteiger partial charge >= 0.3 is 0 Å². The minimum Gasteiger partial charge on any atom is -0.456 e. The van der Waals surface area contributed by atoms with Crippen molar-refractivity contribution in [3.05, 3.63) is 194 Å². The molecule has 12 rings (SSSR count). The van der Waals surface area contributed by atoms with Crippen LogP contribution >= 0.6 is 11.8 Å². The van der Waals surface area contributed by atoms with E-state index < -0.39 is 0 Å². The molecule has 0 spiro atoms. The summed E-state index contributed by atoms with van der Waals surface area (Å²) in [4.78, 5) is 4.89. The number of nitrogens with zero attached hydrogens (tertiary/aromatic N) is 2. The van der Waals surface area contributed by atoms with Crippen molar-refractivity contribution in [3.63, 3.8) is 0 Å². The van der Waals surface area contributed by atoms with Crippen LogP contribution in [0.1, 0.15) is 0 Å². The molecule has 0 bridgehead atoms. The minimum absolute atomic E-state index is 0.873. The second kappa shape index (κ2) is 12.3. The molecule has 0 saturated carbocycles. The molecule has 11 aromatic rings. The van der Waals surface area contributed by atoms with Gasteiger partial charge in [0.05, 0.1) is 16.7 Å². The Bertz CT molecular complexity index is 3330. The normalized spacial score (nSPS) is 12.2. The predicted molar refractivity (Wildman–Crippen MR) is 235 cm³/mol. The number of hydrogen-bond acceptors (Lipinski definition) is 3. The number of aromatic nitrogens is 1. The average molecular weight is 733 g/mol. The van der Waals surface area contributed by atoms with E-state index in [0.29, 0.717) is 0 Å². The van der Waals surface area contributed by atoms with E-state index in [1.54, 1.807) is 0 Å². The summed E-state index contributed by atoms with van der Waals surface area (Å²) >= 11 is 1.88. The van der Waals surface area contributed by atoms with E-state index in [0.717, 1.165) is 39.0 Å². The summed E-state index contributed by atoms with van der Waals surface area (Å²) in [6, 6.07) is 70.1. The van der Waals surface area contributed by atoms with Crippen molar-refractivity contribution < 1.29 is 4.42 Å². The van der Waals surface area contributed by atoms with Gasteiger partial charge < -0.3 is 13.9 Å². The van der Waals surface area contributed by atoms with Crippen LogP contribution in [0.5, 0.6) is 0 Å². The first-order chi connectivity index (χ1) is 27.8. The fourth-order valence-corrected chi connectivity index (χ4v) is 10.0. The molecule has 3 nitrogen and oxygen atoms in total. The largest absolute Gasteiger partial charge is 0.456 e. The van der Waals surface area contributed by atoms with Crippen LogP contribution in [0.15, 0.2) is 208 Å². The zero-order chi connectivity index (χ0) is 36.7. The lowest BCUT2D eigenvalue weighted by atomic mass is 9.98. The van der Waals surface area contributed by atoms with Gasteiger partial charge in [-0.1, -0.05) is 139 Å². The third-order valence-corrected chi connectivity index (χ3v) is 12.6. The van der Waals surface area contributed by atoms with Crippen LogP contribution in [0, 0.1) is 0 Å². The maximum absolute atomic E-state index is 6.40. The molecule has 0 amide bonds. The van der Waals surface area contributed by atoms with E-state index in [9.17, 15) is 0 Å². The number of hydrogen-bond donors (Lipinski definition) is 0. The zero-order valence-corrected chi connectivity index (χ0v) is 31.0. The fraction of sp³-hybridized carbons (Fsp3) is 0. The molecule has 3 heterocycles. The van der Waals surface area contributed by atoms with E-state index in [1.165, 1.54) is 70.3 Å². The third kappa shape index (κ3) is 4.73. The lowest BCUT2D eigenvalue weighted by Gasteiger charge is -2.26. The number of furan rings is 1. The molecule has 262 valence electrons. The van der Waals surface area contributed by atoms with Crippen LogP contribution in [0.2, 0.25) is 0 Å². The van der Waals surface area contributed by atoms with Gasteiger partial charge in [-0.15, -0.1) is 0 Å². The van der Waals surface area contributed by atoms with E-state index in [-0.39, 0.29) is 0 Å². The Morgan fingerprint density at radius 1 is 0.429 bits per heavy atom.